The summed E-state index contributed by atoms with van der Waals surface area (Å²) in [7, 11) is -4.31. The number of hydrogen-bond donors (Lipinski definition) is 4. The number of rotatable bonds is 29. The van der Waals surface area contributed by atoms with Gasteiger partial charge in [-0.1, -0.05) is 129 Å². The molecule has 0 aromatic heterocycles. The fourth-order valence-electron chi connectivity index (χ4n) is 4.42. The molecule has 0 aromatic rings. The van der Waals surface area contributed by atoms with Crippen molar-refractivity contribution in [3.8, 4) is 0 Å². The minimum Gasteiger partial charge on any atom is -0.387 e. The van der Waals surface area contributed by atoms with Gasteiger partial charge in [0.2, 0.25) is 5.91 Å². The van der Waals surface area contributed by atoms with Crippen molar-refractivity contribution in [2.45, 2.75) is 154 Å². The van der Waals surface area contributed by atoms with Crippen LogP contribution in [0.5, 0.6) is 0 Å². The van der Waals surface area contributed by atoms with Crippen molar-refractivity contribution in [2.24, 2.45) is 5.73 Å². The lowest BCUT2D eigenvalue weighted by atomic mass is 10.1. The quantitative estimate of drug-likeness (QED) is 0.0417. The largest absolute Gasteiger partial charge is 0.472 e. The number of unbranched alkanes of at least 4 members (excludes halogenated alkanes) is 17. The monoisotopic (exact) mass is 576 g/mol. The number of phosphoric acid groups is 1. The molecule has 5 N–H and O–H groups in total. The van der Waals surface area contributed by atoms with E-state index in [4.69, 9.17) is 14.8 Å². The van der Waals surface area contributed by atoms with E-state index in [0.29, 0.717) is 6.42 Å². The number of phosphoric ester groups is 1. The average molecular weight is 577 g/mol. The number of nitrogens with two attached hydrogens (primary N) is 1. The Bertz CT molecular complexity index is 635. The minimum absolute atomic E-state index is 0.0804. The van der Waals surface area contributed by atoms with Crippen molar-refractivity contribution in [3.63, 3.8) is 0 Å². The molecule has 0 saturated heterocycles. The summed E-state index contributed by atoms with van der Waals surface area (Å²) in [5.74, 6) is -0.200. The first-order valence-corrected chi connectivity index (χ1v) is 17.3. The molecular weight excluding hydrogens is 515 g/mol. The molecule has 9 heteroatoms. The molecule has 0 heterocycles. The van der Waals surface area contributed by atoms with Gasteiger partial charge < -0.3 is 21.1 Å². The van der Waals surface area contributed by atoms with E-state index < -0.39 is 20.0 Å². The second-order valence-electron chi connectivity index (χ2n) is 10.7. The van der Waals surface area contributed by atoms with Crippen LogP contribution in [0.4, 0.5) is 0 Å². The normalized spacial score (nSPS) is 14.9. The van der Waals surface area contributed by atoms with Crippen LogP contribution in [0.3, 0.4) is 0 Å². The molecule has 1 amide bonds. The molecule has 0 fully saturated rings. The van der Waals surface area contributed by atoms with Gasteiger partial charge in [-0.05, 0) is 19.3 Å². The number of carbonyl (C=O) groups is 1. The van der Waals surface area contributed by atoms with Crippen LogP contribution >= 0.6 is 7.82 Å². The van der Waals surface area contributed by atoms with Crippen molar-refractivity contribution < 1.29 is 28.4 Å². The van der Waals surface area contributed by atoms with Crippen LogP contribution in [0.1, 0.15) is 142 Å². The molecule has 0 saturated carbocycles. The molecule has 0 bridgehead atoms. The molecule has 232 valence electrons. The van der Waals surface area contributed by atoms with Gasteiger partial charge in [-0.15, -0.1) is 0 Å². The van der Waals surface area contributed by atoms with Crippen LogP contribution < -0.4 is 11.1 Å². The number of allylic oxidation sites excluding steroid dienone is 1. The van der Waals surface area contributed by atoms with Crippen molar-refractivity contribution in [2.75, 3.05) is 19.8 Å². The lowest BCUT2D eigenvalue weighted by Gasteiger charge is -2.23. The van der Waals surface area contributed by atoms with Gasteiger partial charge in [-0.3, -0.25) is 13.8 Å². The maximum atomic E-state index is 12.6. The summed E-state index contributed by atoms with van der Waals surface area (Å²) in [6.07, 6.45) is 25.4. The smallest absolute Gasteiger partial charge is 0.387 e. The average Bonchev–Trinajstić information content (AvgIpc) is 2.91. The Morgan fingerprint density at radius 1 is 0.821 bits per heavy atom. The highest BCUT2D eigenvalue weighted by atomic mass is 31.2. The van der Waals surface area contributed by atoms with Gasteiger partial charge in [0.1, 0.15) is 0 Å². The summed E-state index contributed by atoms with van der Waals surface area (Å²) >= 11 is 0. The first-order valence-electron chi connectivity index (χ1n) is 15.8. The third-order valence-corrected chi connectivity index (χ3v) is 7.85. The summed E-state index contributed by atoms with van der Waals surface area (Å²) in [6, 6.07) is -0.850. The Labute approximate surface area is 239 Å². The van der Waals surface area contributed by atoms with Crippen LogP contribution in [0.15, 0.2) is 12.2 Å². The Balaban J connectivity index is 4.45. The molecule has 8 nitrogen and oxygen atoms in total. The van der Waals surface area contributed by atoms with E-state index in [1.807, 2.05) is 6.08 Å². The second kappa shape index (κ2) is 27.4. The molecule has 1 unspecified atom stereocenters. The Morgan fingerprint density at radius 3 is 1.82 bits per heavy atom. The number of hydrogen-bond acceptors (Lipinski definition) is 6. The number of aliphatic hydroxyl groups is 1. The molecule has 0 radical (unpaired) electrons. The van der Waals surface area contributed by atoms with Crippen LogP contribution in [-0.2, 0) is 18.4 Å². The van der Waals surface area contributed by atoms with Gasteiger partial charge in [0.15, 0.2) is 0 Å². The molecule has 0 spiro atoms. The van der Waals surface area contributed by atoms with E-state index in [1.165, 1.54) is 83.5 Å². The zero-order chi connectivity index (χ0) is 29.0. The zero-order valence-electron chi connectivity index (χ0n) is 25.1. The maximum absolute atomic E-state index is 12.6. The number of carbonyl (C=O) groups excluding carboxylic acids is 1. The lowest BCUT2D eigenvalue weighted by Crippen LogP contribution is -2.45. The lowest BCUT2D eigenvalue weighted by molar-refractivity contribution is -0.123. The summed E-state index contributed by atoms with van der Waals surface area (Å²) in [6.45, 7) is 4.07. The van der Waals surface area contributed by atoms with E-state index in [9.17, 15) is 19.4 Å². The summed E-state index contributed by atoms with van der Waals surface area (Å²) in [5.41, 5.74) is 5.32. The zero-order valence-corrected chi connectivity index (χ0v) is 26.0. The predicted octanol–water partition coefficient (Wildman–Crippen LogP) is 7.32. The summed E-state index contributed by atoms with van der Waals surface area (Å²) in [4.78, 5) is 22.4. The van der Waals surface area contributed by atoms with Gasteiger partial charge in [0.05, 0.1) is 25.4 Å². The van der Waals surface area contributed by atoms with Gasteiger partial charge >= 0.3 is 7.82 Å². The van der Waals surface area contributed by atoms with Gasteiger partial charge in [-0.25, -0.2) is 4.57 Å². The Kier molecular flexibility index (Phi) is 26.9. The number of amides is 1. The van der Waals surface area contributed by atoms with Crippen molar-refractivity contribution >= 4 is 13.7 Å². The van der Waals surface area contributed by atoms with Gasteiger partial charge in [0.25, 0.3) is 0 Å². The molecular formula is C30H61N2O6P. The minimum atomic E-state index is -4.31. The van der Waals surface area contributed by atoms with Crippen molar-refractivity contribution in [1.82, 2.24) is 5.32 Å². The molecule has 0 aliphatic heterocycles. The van der Waals surface area contributed by atoms with Gasteiger partial charge in [0, 0.05) is 13.0 Å². The van der Waals surface area contributed by atoms with Crippen molar-refractivity contribution in [1.29, 1.82) is 0 Å². The first-order chi connectivity index (χ1) is 18.9. The van der Waals surface area contributed by atoms with Crippen LogP contribution in [0.2, 0.25) is 0 Å². The van der Waals surface area contributed by atoms with E-state index in [0.717, 1.165) is 38.5 Å². The van der Waals surface area contributed by atoms with Crippen LogP contribution in [0, 0.1) is 0 Å². The second-order valence-corrected chi connectivity index (χ2v) is 12.1. The van der Waals surface area contributed by atoms with E-state index in [1.54, 1.807) is 6.08 Å². The van der Waals surface area contributed by atoms with Crippen LogP contribution in [0.25, 0.3) is 0 Å². The van der Waals surface area contributed by atoms with Gasteiger partial charge in [-0.2, -0.15) is 0 Å². The summed E-state index contributed by atoms with van der Waals surface area (Å²) < 4.78 is 21.9. The fraction of sp³-hybridized carbons (Fsp3) is 0.900. The Morgan fingerprint density at radius 2 is 1.31 bits per heavy atom. The standard InChI is InChI=1S/C30H61N2O6P/c1-3-5-7-9-11-13-15-17-19-21-23-29(33)28(27-38-39(35,36)37-26-25-31)32-30(34)24-22-20-18-16-14-12-10-8-6-4-2/h21,23,28-29,33H,3-20,22,24-27,31H2,1-2H3,(H,32,34)(H,35,36)/b23-21+/t28-,29+/m0/s1. The molecule has 0 aliphatic carbocycles. The number of aliphatic hydroxyl groups excluding tert-OH is 1. The molecule has 0 aromatic carbocycles. The maximum Gasteiger partial charge on any atom is 0.472 e. The molecule has 3 atom stereocenters. The van der Waals surface area contributed by atoms with E-state index in [2.05, 4.69) is 19.2 Å². The third-order valence-electron chi connectivity index (χ3n) is 6.86. The number of nitrogens with one attached hydrogen (secondary N) is 1. The molecule has 0 rings (SSSR count). The van der Waals surface area contributed by atoms with Crippen molar-refractivity contribution in [3.05, 3.63) is 12.2 Å². The third kappa shape index (κ3) is 25.9. The highest BCUT2D eigenvalue weighted by Crippen LogP contribution is 2.43. The predicted molar refractivity (Wildman–Crippen MR) is 162 cm³/mol. The Hall–Kier alpha value is -0.760. The van der Waals surface area contributed by atoms with E-state index in [-0.39, 0.29) is 25.7 Å². The SMILES string of the molecule is CCCCCCCCCC/C=C/[C@@H](O)[C@H](COP(=O)(O)OCCN)NC(=O)CCCCCCCCCCCC. The highest BCUT2D eigenvalue weighted by Gasteiger charge is 2.26. The molecule has 0 aliphatic rings. The van der Waals surface area contributed by atoms with E-state index >= 15 is 0 Å². The summed E-state index contributed by atoms with van der Waals surface area (Å²) in [5, 5.41) is 13.5. The topological polar surface area (TPSA) is 131 Å². The highest BCUT2D eigenvalue weighted by molar-refractivity contribution is 7.47. The first kappa shape index (κ1) is 38.2. The molecule has 39 heavy (non-hydrogen) atoms. The van der Waals surface area contributed by atoms with Crippen LogP contribution in [-0.4, -0.2) is 47.8 Å². The fourth-order valence-corrected chi connectivity index (χ4v) is 5.18.